The predicted molar refractivity (Wildman–Crippen MR) is 127 cm³/mol. The lowest BCUT2D eigenvalue weighted by Gasteiger charge is -2.18. The molecule has 0 aliphatic heterocycles. The van der Waals surface area contributed by atoms with Gasteiger partial charge in [-0.2, -0.15) is 0 Å². The summed E-state index contributed by atoms with van der Waals surface area (Å²) in [6.07, 6.45) is 0.728. The van der Waals surface area contributed by atoms with Gasteiger partial charge < -0.3 is 10.1 Å². The van der Waals surface area contributed by atoms with Gasteiger partial charge in [0.15, 0.2) is 0 Å². The molecule has 32 heavy (non-hydrogen) atoms. The zero-order valence-corrected chi connectivity index (χ0v) is 19.5. The highest BCUT2D eigenvalue weighted by Gasteiger charge is 2.18. The van der Waals surface area contributed by atoms with Crippen molar-refractivity contribution in [2.45, 2.75) is 38.1 Å². The van der Waals surface area contributed by atoms with Gasteiger partial charge in [-0.1, -0.05) is 36.8 Å². The molecule has 0 aliphatic carbocycles. The second-order valence-corrected chi connectivity index (χ2v) is 9.34. The summed E-state index contributed by atoms with van der Waals surface area (Å²) < 4.78 is 33.1. The minimum atomic E-state index is -3.71. The van der Waals surface area contributed by atoms with Crippen molar-refractivity contribution in [3.8, 4) is 5.75 Å². The molecule has 1 unspecified atom stereocenters. The third kappa shape index (κ3) is 5.48. The number of anilines is 1. The number of methoxy groups -OCH3 is 1. The zero-order chi connectivity index (χ0) is 23.3. The van der Waals surface area contributed by atoms with Crippen LogP contribution in [0.5, 0.6) is 5.75 Å². The molecule has 6 nitrogen and oxygen atoms in total. The quantitative estimate of drug-likeness (QED) is 0.504. The first-order chi connectivity index (χ1) is 15.2. The van der Waals surface area contributed by atoms with Crippen LogP contribution in [0.15, 0.2) is 71.6 Å². The van der Waals surface area contributed by atoms with Gasteiger partial charge in [-0.3, -0.25) is 9.52 Å². The van der Waals surface area contributed by atoms with Crippen molar-refractivity contribution in [3.05, 3.63) is 89.0 Å². The molecular formula is C25H28N2O4S. The number of ether oxygens (including phenoxy) is 1. The molecule has 1 amide bonds. The maximum absolute atomic E-state index is 12.8. The van der Waals surface area contributed by atoms with Crippen LogP contribution in [-0.2, 0) is 10.0 Å². The van der Waals surface area contributed by atoms with E-state index in [4.69, 9.17) is 4.74 Å². The second kappa shape index (κ2) is 9.87. The van der Waals surface area contributed by atoms with Crippen LogP contribution in [0, 0.1) is 13.8 Å². The third-order valence-electron chi connectivity index (χ3n) is 5.30. The smallest absolute Gasteiger partial charge is 0.261 e. The maximum atomic E-state index is 12.8. The van der Waals surface area contributed by atoms with E-state index in [1.807, 2.05) is 38.1 Å². The summed E-state index contributed by atoms with van der Waals surface area (Å²) in [7, 11) is -2.10. The predicted octanol–water partition coefficient (Wildman–Crippen LogP) is 4.99. The molecule has 2 N–H and O–H groups in total. The van der Waals surface area contributed by atoms with E-state index in [1.54, 1.807) is 56.5 Å². The van der Waals surface area contributed by atoms with Gasteiger partial charge in [0.1, 0.15) is 5.75 Å². The van der Waals surface area contributed by atoms with Gasteiger partial charge in [-0.05, 0) is 73.9 Å². The Hall–Kier alpha value is -3.32. The van der Waals surface area contributed by atoms with Crippen molar-refractivity contribution in [2.75, 3.05) is 11.8 Å². The van der Waals surface area contributed by atoms with Crippen LogP contribution in [0.2, 0.25) is 0 Å². The van der Waals surface area contributed by atoms with Crippen LogP contribution in [0.25, 0.3) is 0 Å². The highest BCUT2D eigenvalue weighted by atomic mass is 32.2. The average molecular weight is 453 g/mol. The normalized spacial score (nSPS) is 12.1. The highest BCUT2D eigenvalue weighted by Crippen LogP contribution is 2.23. The molecule has 0 heterocycles. The van der Waals surface area contributed by atoms with Crippen molar-refractivity contribution < 1.29 is 17.9 Å². The van der Waals surface area contributed by atoms with E-state index >= 15 is 0 Å². The summed E-state index contributed by atoms with van der Waals surface area (Å²) >= 11 is 0. The Morgan fingerprint density at radius 1 is 0.969 bits per heavy atom. The lowest BCUT2D eigenvalue weighted by Crippen LogP contribution is -2.28. The number of hydrogen-bond donors (Lipinski definition) is 2. The zero-order valence-electron chi connectivity index (χ0n) is 18.7. The number of benzene rings is 3. The van der Waals surface area contributed by atoms with Gasteiger partial charge in [-0.15, -0.1) is 0 Å². The lowest BCUT2D eigenvalue weighted by atomic mass is 10.0. The molecule has 3 aromatic carbocycles. The molecule has 1 atom stereocenters. The fourth-order valence-electron chi connectivity index (χ4n) is 3.34. The Bertz CT molecular complexity index is 1190. The molecule has 0 bridgehead atoms. The van der Waals surface area contributed by atoms with Gasteiger partial charge in [0.2, 0.25) is 0 Å². The summed E-state index contributed by atoms with van der Waals surface area (Å²) in [5.74, 6) is 0.540. The molecule has 0 saturated carbocycles. The van der Waals surface area contributed by atoms with Crippen molar-refractivity contribution in [2.24, 2.45) is 0 Å². The van der Waals surface area contributed by atoms with Crippen molar-refractivity contribution in [3.63, 3.8) is 0 Å². The number of sulfonamides is 1. The standard InChI is InChI=1S/C25H28N2O4S/c1-5-23(19-8-11-21(31-4)12-9-19)26-25(28)20-10-15-24(18(3)16-20)27-32(29,30)22-13-6-17(2)7-14-22/h6-16,23,27H,5H2,1-4H3,(H,26,28). The summed E-state index contributed by atoms with van der Waals surface area (Å²) in [6.45, 7) is 5.67. The first-order valence-corrected chi connectivity index (χ1v) is 11.9. The van der Waals surface area contributed by atoms with Crippen molar-refractivity contribution >= 4 is 21.6 Å². The second-order valence-electron chi connectivity index (χ2n) is 7.66. The summed E-state index contributed by atoms with van der Waals surface area (Å²) in [5.41, 5.74) is 3.53. The van der Waals surface area contributed by atoms with Gasteiger partial charge in [-0.25, -0.2) is 8.42 Å². The van der Waals surface area contributed by atoms with E-state index in [1.165, 1.54) is 0 Å². The fourth-order valence-corrected chi connectivity index (χ4v) is 4.47. The third-order valence-corrected chi connectivity index (χ3v) is 6.68. The molecule has 0 radical (unpaired) electrons. The summed E-state index contributed by atoms with van der Waals surface area (Å²) in [5, 5.41) is 3.04. The van der Waals surface area contributed by atoms with Crippen LogP contribution in [0.4, 0.5) is 5.69 Å². The van der Waals surface area contributed by atoms with E-state index in [0.717, 1.165) is 23.3 Å². The number of carbonyl (C=O) groups excluding carboxylic acids is 1. The molecule has 0 fully saturated rings. The Kier molecular flexibility index (Phi) is 7.20. The molecule has 0 aromatic heterocycles. The van der Waals surface area contributed by atoms with Gasteiger partial charge in [0, 0.05) is 5.56 Å². The number of nitrogens with one attached hydrogen (secondary N) is 2. The van der Waals surface area contributed by atoms with E-state index < -0.39 is 10.0 Å². The van der Waals surface area contributed by atoms with Crippen LogP contribution in [0.3, 0.4) is 0 Å². The number of carbonyl (C=O) groups is 1. The van der Waals surface area contributed by atoms with E-state index in [9.17, 15) is 13.2 Å². The minimum absolute atomic E-state index is 0.145. The molecule has 0 spiro atoms. The first kappa shape index (κ1) is 23.3. The Labute approximate surface area is 189 Å². The van der Waals surface area contributed by atoms with Crippen LogP contribution in [0.1, 0.15) is 46.4 Å². The van der Waals surface area contributed by atoms with E-state index in [-0.39, 0.29) is 16.8 Å². The lowest BCUT2D eigenvalue weighted by molar-refractivity contribution is 0.0935. The largest absolute Gasteiger partial charge is 0.497 e. The van der Waals surface area contributed by atoms with E-state index in [2.05, 4.69) is 10.0 Å². The molecule has 3 aromatic rings. The molecule has 3 rings (SSSR count). The van der Waals surface area contributed by atoms with Gasteiger partial charge in [0.25, 0.3) is 15.9 Å². The number of rotatable bonds is 8. The Morgan fingerprint density at radius 3 is 2.19 bits per heavy atom. The van der Waals surface area contributed by atoms with Crippen molar-refractivity contribution in [1.29, 1.82) is 0 Å². The number of hydrogen-bond acceptors (Lipinski definition) is 4. The first-order valence-electron chi connectivity index (χ1n) is 10.4. The van der Waals surface area contributed by atoms with Crippen LogP contribution < -0.4 is 14.8 Å². The van der Waals surface area contributed by atoms with E-state index in [0.29, 0.717) is 16.8 Å². The molecule has 0 aliphatic rings. The SMILES string of the molecule is CCC(NC(=O)c1ccc(NS(=O)(=O)c2ccc(C)cc2)c(C)c1)c1ccc(OC)cc1. The molecule has 7 heteroatoms. The Balaban J connectivity index is 1.74. The molecular weight excluding hydrogens is 424 g/mol. The number of amides is 1. The van der Waals surface area contributed by atoms with Gasteiger partial charge >= 0.3 is 0 Å². The molecule has 0 saturated heterocycles. The van der Waals surface area contributed by atoms with Crippen LogP contribution in [-0.4, -0.2) is 21.4 Å². The minimum Gasteiger partial charge on any atom is -0.497 e. The highest BCUT2D eigenvalue weighted by molar-refractivity contribution is 7.92. The monoisotopic (exact) mass is 452 g/mol. The fraction of sp³-hybridized carbons (Fsp3) is 0.240. The molecule has 168 valence electrons. The van der Waals surface area contributed by atoms with Crippen LogP contribution >= 0.6 is 0 Å². The van der Waals surface area contributed by atoms with Crippen molar-refractivity contribution in [1.82, 2.24) is 5.32 Å². The summed E-state index contributed by atoms with van der Waals surface area (Å²) in [6, 6.07) is 19.0. The number of aryl methyl sites for hydroxylation is 2. The average Bonchev–Trinajstić information content (AvgIpc) is 2.79. The summed E-state index contributed by atoms with van der Waals surface area (Å²) in [4.78, 5) is 13.0. The Morgan fingerprint density at radius 2 is 1.62 bits per heavy atom. The van der Waals surface area contributed by atoms with Gasteiger partial charge in [0.05, 0.1) is 23.7 Å². The topological polar surface area (TPSA) is 84.5 Å². The maximum Gasteiger partial charge on any atom is 0.261 e.